The number of hydrogen-bond acceptors (Lipinski definition) is 4. The zero-order valence-electron chi connectivity index (χ0n) is 13.5. The number of nitrogens with one attached hydrogen (secondary N) is 1. The summed E-state index contributed by atoms with van der Waals surface area (Å²) in [6.07, 6.45) is 2.83. The van der Waals surface area contributed by atoms with Gasteiger partial charge in [-0.1, -0.05) is 24.3 Å². The molecule has 0 atom stereocenters. The number of ether oxygens (including phenoxy) is 1. The van der Waals surface area contributed by atoms with E-state index in [1.54, 1.807) is 57.2 Å². The fourth-order valence-electron chi connectivity index (χ4n) is 2.12. The number of fused-ring (bicyclic) bond motifs is 1. The average molecular weight is 316 g/mol. The van der Waals surface area contributed by atoms with Crippen LogP contribution in [0, 0.1) is 0 Å². The molecule has 0 aromatic heterocycles. The lowest BCUT2D eigenvalue weighted by Crippen LogP contribution is -2.32. The number of hydrogen-bond donors (Lipinski definition) is 1. The van der Waals surface area contributed by atoms with Gasteiger partial charge < -0.3 is 10.1 Å². The predicted molar refractivity (Wildman–Crippen MR) is 85.2 cm³/mol. The van der Waals surface area contributed by atoms with Gasteiger partial charge in [0.1, 0.15) is 5.60 Å². The first kappa shape index (κ1) is 16.7. The number of alkyl carbamates (subject to hydrolysis) is 1. The van der Waals surface area contributed by atoms with Crippen molar-refractivity contribution in [3.63, 3.8) is 0 Å². The highest BCUT2D eigenvalue weighted by atomic mass is 16.6. The van der Waals surface area contributed by atoms with Gasteiger partial charge in [0.25, 0.3) is 11.8 Å². The zero-order valence-corrected chi connectivity index (χ0v) is 13.5. The van der Waals surface area contributed by atoms with Crippen LogP contribution >= 0.6 is 0 Å². The summed E-state index contributed by atoms with van der Waals surface area (Å²) in [5.41, 5.74) is 0.309. The number of imide groups is 1. The van der Waals surface area contributed by atoms with Crippen LogP contribution in [-0.2, 0) is 4.74 Å². The molecule has 0 fully saturated rings. The van der Waals surface area contributed by atoms with Crippen LogP contribution in [0.5, 0.6) is 0 Å². The number of nitrogens with zero attached hydrogens (tertiary/aromatic N) is 1. The summed E-state index contributed by atoms with van der Waals surface area (Å²) in [6.45, 7) is 5.78. The normalized spacial score (nSPS) is 14.3. The Hall–Kier alpha value is -2.63. The van der Waals surface area contributed by atoms with Crippen LogP contribution in [0.1, 0.15) is 41.5 Å². The second kappa shape index (κ2) is 6.64. The van der Waals surface area contributed by atoms with E-state index in [1.807, 2.05) is 0 Å². The summed E-state index contributed by atoms with van der Waals surface area (Å²) in [5, 5.41) is 2.57. The van der Waals surface area contributed by atoms with Gasteiger partial charge in [-0.25, -0.2) is 4.79 Å². The summed E-state index contributed by atoms with van der Waals surface area (Å²) in [7, 11) is 0. The molecule has 3 amide bonds. The molecule has 0 radical (unpaired) electrons. The van der Waals surface area contributed by atoms with E-state index in [0.29, 0.717) is 11.1 Å². The van der Waals surface area contributed by atoms with Crippen molar-refractivity contribution in [2.45, 2.75) is 26.4 Å². The van der Waals surface area contributed by atoms with Gasteiger partial charge in [-0.05, 0) is 32.9 Å². The van der Waals surface area contributed by atoms with E-state index < -0.39 is 11.7 Å². The zero-order chi connectivity index (χ0) is 17.0. The first-order valence-electron chi connectivity index (χ1n) is 7.36. The first-order chi connectivity index (χ1) is 10.8. The van der Waals surface area contributed by atoms with E-state index in [1.165, 1.54) is 4.90 Å². The number of carbonyl (C=O) groups excluding carboxylic acids is 3. The van der Waals surface area contributed by atoms with E-state index >= 15 is 0 Å². The van der Waals surface area contributed by atoms with Crippen molar-refractivity contribution >= 4 is 17.9 Å². The smallest absolute Gasteiger partial charge is 0.407 e. The van der Waals surface area contributed by atoms with E-state index in [-0.39, 0.29) is 24.9 Å². The Kier molecular flexibility index (Phi) is 4.83. The van der Waals surface area contributed by atoms with Crippen molar-refractivity contribution in [2.24, 2.45) is 0 Å². The summed E-state index contributed by atoms with van der Waals surface area (Å²) in [6, 6.07) is 6.74. The second-order valence-corrected chi connectivity index (χ2v) is 6.12. The molecule has 0 saturated heterocycles. The van der Waals surface area contributed by atoms with Crippen LogP contribution < -0.4 is 5.32 Å². The quantitative estimate of drug-likeness (QED) is 0.683. The fraction of sp³-hybridized carbons (Fsp3) is 0.353. The molecule has 0 bridgehead atoms. The van der Waals surface area contributed by atoms with Crippen LogP contribution in [0.2, 0.25) is 0 Å². The molecular weight excluding hydrogens is 296 g/mol. The number of benzene rings is 1. The van der Waals surface area contributed by atoms with Crippen molar-refractivity contribution in [2.75, 3.05) is 13.1 Å². The summed E-state index contributed by atoms with van der Waals surface area (Å²) in [4.78, 5) is 36.9. The van der Waals surface area contributed by atoms with E-state index in [2.05, 4.69) is 5.32 Å². The van der Waals surface area contributed by atoms with Gasteiger partial charge >= 0.3 is 6.09 Å². The first-order valence-corrected chi connectivity index (χ1v) is 7.36. The van der Waals surface area contributed by atoms with Crippen LogP contribution in [-0.4, -0.2) is 41.5 Å². The molecular formula is C17H20N2O4. The molecule has 6 heteroatoms. The maximum absolute atomic E-state index is 12.1. The lowest BCUT2D eigenvalue weighted by molar-refractivity contribution is 0.0532. The molecule has 0 unspecified atom stereocenters. The fourth-order valence-corrected chi connectivity index (χ4v) is 2.12. The minimum absolute atomic E-state index is 0.169. The number of amides is 3. The van der Waals surface area contributed by atoms with Gasteiger partial charge in [0.2, 0.25) is 0 Å². The van der Waals surface area contributed by atoms with Crippen molar-refractivity contribution < 1.29 is 19.1 Å². The monoisotopic (exact) mass is 316 g/mol. The van der Waals surface area contributed by atoms with Gasteiger partial charge in [0.15, 0.2) is 0 Å². The van der Waals surface area contributed by atoms with Crippen LogP contribution in [0.4, 0.5) is 4.79 Å². The van der Waals surface area contributed by atoms with Crippen molar-refractivity contribution in [3.8, 4) is 0 Å². The lowest BCUT2D eigenvalue weighted by Gasteiger charge is -2.19. The Morgan fingerprint density at radius 1 is 1.13 bits per heavy atom. The molecule has 1 heterocycles. The maximum Gasteiger partial charge on any atom is 0.407 e. The van der Waals surface area contributed by atoms with Gasteiger partial charge in [-0.2, -0.15) is 0 Å². The highest BCUT2D eigenvalue weighted by molar-refractivity contribution is 6.21. The molecule has 1 aromatic rings. The van der Waals surface area contributed by atoms with Crippen LogP contribution in [0.3, 0.4) is 0 Å². The van der Waals surface area contributed by atoms with Gasteiger partial charge in [-0.15, -0.1) is 0 Å². The Labute approximate surface area is 135 Å². The Bertz CT molecular complexity index is 624. The van der Waals surface area contributed by atoms with E-state index in [9.17, 15) is 14.4 Å². The van der Waals surface area contributed by atoms with Gasteiger partial charge in [-0.3, -0.25) is 14.5 Å². The SMILES string of the molecule is CC(C)(C)OC(=O)NC/C=C\CN1C(=O)c2ccccc2C1=O. The molecule has 2 rings (SSSR count). The average Bonchev–Trinajstić information content (AvgIpc) is 2.70. The summed E-state index contributed by atoms with van der Waals surface area (Å²) in [5.74, 6) is -0.592. The van der Waals surface area contributed by atoms with Crippen molar-refractivity contribution in [1.29, 1.82) is 0 Å². The molecule has 0 spiro atoms. The topological polar surface area (TPSA) is 75.7 Å². The highest BCUT2D eigenvalue weighted by Crippen LogP contribution is 2.21. The lowest BCUT2D eigenvalue weighted by atomic mass is 10.1. The summed E-state index contributed by atoms with van der Waals surface area (Å²) >= 11 is 0. The third-order valence-corrected chi connectivity index (χ3v) is 3.10. The minimum atomic E-state index is -0.548. The summed E-state index contributed by atoms with van der Waals surface area (Å²) < 4.78 is 5.09. The molecule has 1 N–H and O–H groups in total. The third kappa shape index (κ3) is 4.18. The molecule has 1 aliphatic rings. The minimum Gasteiger partial charge on any atom is -0.444 e. The van der Waals surface area contributed by atoms with Crippen LogP contribution in [0.25, 0.3) is 0 Å². The Morgan fingerprint density at radius 3 is 2.22 bits per heavy atom. The van der Waals surface area contributed by atoms with Gasteiger partial charge in [0, 0.05) is 13.1 Å². The molecule has 1 aromatic carbocycles. The largest absolute Gasteiger partial charge is 0.444 e. The molecule has 0 aliphatic carbocycles. The molecule has 1 aliphatic heterocycles. The van der Waals surface area contributed by atoms with Gasteiger partial charge in [0.05, 0.1) is 11.1 Å². The Morgan fingerprint density at radius 2 is 1.70 bits per heavy atom. The van der Waals surface area contributed by atoms with Crippen molar-refractivity contribution in [3.05, 3.63) is 47.5 Å². The van der Waals surface area contributed by atoms with E-state index in [0.717, 1.165) is 0 Å². The van der Waals surface area contributed by atoms with Crippen LogP contribution in [0.15, 0.2) is 36.4 Å². The number of rotatable bonds is 4. The Balaban J connectivity index is 1.82. The second-order valence-electron chi connectivity index (χ2n) is 6.12. The number of carbonyl (C=O) groups is 3. The third-order valence-electron chi connectivity index (χ3n) is 3.10. The molecule has 6 nitrogen and oxygen atoms in total. The molecule has 122 valence electrons. The van der Waals surface area contributed by atoms with Crippen molar-refractivity contribution in [1.82, 2.24) is 10.2 Å². The maximum atomic E-state index is 12.1. The molecule has 23 heavy (non-hydrogen) atoms. The highest BCUT2D eigenvalue weighted by Gasteiger charge is 2.33. The van der Waals surface area contributed by atoms with E-state index in [4.69, 9.17) is 4.74 Å². The predicted octanol–water partition coefficient (Wildman–Crippen LogP) is 2.36. The standard InChI is InChI=1S/C17H20N2O4/c1-17(2,3)23-16(22)18-10-6-7-11-19-14(20)12-8-4-5-9-13(12)15(19)21/h4-9H,10-11H2,1-3H3,(H,18,22)/b7-6-. The molecule has 0 saturated carbocycles.